The van der Waals surface area contributed by atoms with E-state index >= 15 is 0 Å². The number of rotatable bonds is 3. The molecular formula is C25H43N5O5. The van der Waals surface area contributed by atoms with Crippen LogP contribution in [0, 0.1) is 12.8 Å². The van der Waals surface area contributed by atoms with Crippen molar-refractivity contribution in [3.8, 4) is 0 Å². The van der Waals surface area contributed by atoms with Crippen molar-refractivity contribution in [2.75, 3.05) is 39.3 Å². The molecule has 1 aromatic rings. The monoisotopic (exact) mass is 493 g/mol. The van der Waals surface area contributed by atoms with Gasteiger partial charge in [-0.25, -0.2) is 14.6 Å². The molecule has 0 aromatic carbocycles. The number of hydrogen-bond donors (Lipinski definition) is 0. The molecule has 3 amide bonds. The smallest absolute Gasteiger partial charge is 0.410 e. The van der Waals surface area contributed by atoms with Crippen LogP contribution in [-0.2, 0) is 20.8 Å². The van der Waals surface area contributed by atoms with Gasteiger partial charge in [-0.2, -0.15) is 0 Å². The molecular weight excluding hydrogens is 450 g/mol. The molecule has 198 valence electrons. The van der Waals surface area contributed by atoms with Crippen LogP contribution >= 0.6 is 0 Å². The molecule has 3 rings (SSSR count). The van der Waals surface area contributed by atoms with E-state index < -0.39 is 11.2 Å². The van der Waals surface area contributed by atoms with Crippen molar-refractivity contribution in [1.82, 2.24) is 24.3 Å². The van der Waals surface area contributed by atoms with Crippen molar-refractivity contribution in [2.24, 2.45) is 5.92 Å². The number of imidazole rings is 1. The molecule has 3 heterocycles. The lowest BCUT2D eigenvalue weighted by molar-refractivity contribution is -0.119. The van der Waals surface area contributed by atoms with Crippen LogP contribution < -0.4 is 0 Å². The number of carbonyl (C=O) groups excluding carboxylic acids is 3. The normalized spacial score (nSPS) is 18.9. The summed E-state index contributed by atoms with van der Waals surface area (Å²) < 4.78 is 12.8. The number of aromatic nitrogens is 2. The largest absolute Gasteiger partial charge is 0.444 e. The van der Waals surface area contributed by atoms with Gasteiger partial charge >= 0.3 is 12.2 Å². The van der Waals surface area contributed by atoms with Crippen LogP contribution in [0.5, 0.6) is 0 Å². The predicted octanol–water partition coefficient (Wildman–Crippen LogP) is 3.53. The molecule has 1 aromatic heterocycles. The van der Waals surface area contributed by atoms with E-state index in [0.717, 1.165) is 38.3 Å². The first-order chi connectivity index (χ1) is 16.3. The van der Waals surface area contributed by atoms with Gasteiger partial charge in [0, 0.05) is 58.2 Å². The number of aryl methyl sites for hydroxylation is 1. The minimum atomic E-state index is -0.501. The van der Waals surface area contributed by atoms with Crippen LogP contribution in [0.4, 0.5) is 9.59 Å². The van der Waals surface area contributed by atoms with Crippen LogP contribution in [-0.4, -0.2) is 93.3 Å². The Balaban J connectivity index is 0.000000256. The fraction of sp³-hybridized carbons (Fsp3) is 0.760. The fourth-order valence-corrected chi connectivity index (χ4v) is 3.94. The number of ether oxygens (including phenoxy) is 2. The second-order valence-electron chi connectivity index (χ2n) is 11.2. The summed E-state index contributed by atoms with van der Waals surface area (Å²) in [5.41, 5.74) is -1.00. The maximum absolute atomic E-state index is 11.9. The van der Waals surface area contributed by atoms with Crippen molar-refractivity contribution in [2.45, 2.75) is 79.1 Å². The first kappa shape index (κ1) is 28.5. The second kappa shape index (κ2) is 12.3. The number of amides is 3. The van der Waals surface area contributed by atoms with Crippen LogP contribution in [0.3, 0.4) is 0 Å². The Labute approximate surface area is 209 Å². The van der Waals surface area contributed by atoms with Gasteiger partial charge in [0.2, 0.25) is 6.41 Å². The molecule has 2 aliphatic rings. The van der Waals surface area contributed by atoms with E-state index in [4.69, 9.17) is 9.47 Å². The number of piperazine rings is 1. The molecule has 0 saturated carbocycles. The van der Waals surface area contributed by atoms with E-state index in [9.17, 15) is 14.4 Å². The summed E-state index contributed by atoms with van der Waals surface area (Å²) in [6, 6.07) is 0. The standard InChI is InChI=1S/C14H26N2O4.C11H17N3O/c1-13(2,3)19-11(17)15-7-9-16(10-8-15)12(18)20-14(4,5)6;1-10-12-4-6-14(10)8-11-3-2-5-13(7-11)9-15/h7-10H2,1-6H3;4,6,9,11H,2-3,5,7-8H2,1H3/t;11-/m.1/s1. The average molecular weight is 494 g/mol. The highest BCUT2D eigenvalue weighted by atomic mass is 16.6. The summed E-state index contributed by atoms with van der Waals surface area (Å²) in [4.78, 5) is 43.8. The molecule has 0 aliphatic carbocycles. The molecule has 10 heteroatoms. The van der Waals surface area contributed by atoms with E-state index in [1.165, 1.54) is 6.42 Å². The van der Waals surface area contributed by atoms with Crippen molar-refractivity contribution in [1.29, 1.82) is 0 Å². The van der Waals surface area contributed by atoms with Crippen molar-refractivity contribution < 1.29 is 23.9 Å². The molecule has 0 radical (unpaired) electrons. The summed E-state index contributed by atoms with van der Waals surface area (Å²) >= 11 is 0. The highest BCUT2D eigenvalue weighted by Gasteiger charge is 2.29. The van der Waals surface area contributed by atoms with E-state index in [1.807, 2.05) is 65.8 Å². The molecule has 2 aliphatic heterocycles. The van der Waals surface area contributed by atoms with Gasteiger partial charge in [-0.3, -0.25) is 4.79 Å². The van der Waals surface area contributed by atoms with Crippen LogP contribution in [0.1, 0.15) is 60.2 Å². The second-order valence-corrected chi connectivity index (χ2v) is 11.2. The topological polar surface area (TPSA) is 97.2 Å². The predicted molar refractivity (Wildman–Crippen MR) is 133 cm³/mol. The Hall–Kier alpha value is -2.78. The highest BCUT2D eigenvalue weighted by molar-refractivity contribution is 5.70. The van der Waals surface area contributed by atoms with Crippen molar-refractivity contribution in [3.63, 3.8) is 0 Å². The maximum Gasteiger partial charge on any atom is 0.410 e. The van der Waals surface area contributed by atoms with Gasteiger partial charge in [-0.15, -0.1) is 0 Å². The number of nitrogens with zero attached hydrogens (tertiary/aromatic N) is 5. The average Bonchev–Trinajstić information content (AvgIpc) is 3.16. The van der Waals surface area contributed by atoms with Gasteiger partial charge in [0.25, 0.3) is 0 Å². The Morgan fingerprint density at radius 1 is 0.971 bits per heavy atom. The van der Waals surface area contributed by atoms with Gasteiger partial charge in [0.1, 0.15) is 17.0 Å². The van der Waals surface area contributed by atoms with Crippen LogP contribution in [0.2, 0.25) is 0 Å². The summed E-state index contributed by atoms with van der Waals surface area (Å²) in [5.74, 6) is 1.63. The number of hydrogen-bond acceptors (Lipinski definition) is 6. The van der Waals surface area contributed by atoms with Gasteiger partial charge in [-0.1, -0.05) is 0 Å². The third kappa shape index (κ3) is 10.2. The van der Waals surface area contributed by atoms with E-state index in [1.54, 1.807) is 9.80 Å². The lowest BCUT2D eigenvalue weighted by atomic mass is 9.98. The zero-order chi connectivity index (χ0) is 26.2. The summed E-state index contributed by atoms with van der Waals surface area (Å²) in [7, 11) is 0. The van der Waals surface area contributed by atoms with Gasteiger partial charge in [0.05, 0.1) is 0 Å². The number of likely N-dealkylation sites (tertiary alicyclic amines) is 1. The van der Waals surface area contributed by atoms with Gasteiger partial charge < -0.3 is 28.7 Å². The molecule has 2 fully saturated rings. The Kier molecular flexibility index (Phi) is 9.97. The summed E-state index contributed by atoms with van der Waals surface area (Å²) in [6.07, 6.45) is 6.47. The lowest BCUT2D eigenvalue weighted by Crippen LogP contribution is -2.52. The van der Waals surface area contributed by atoms with Crippen molar-refractivity contribution in [3.05, 3.63) is 18.2 Å². The molecule has 10 nitrogen and oxygen atoms in total. The third-order valence-electron chi connectivity index (χ3n) is 5.66. The first-order valence-corrected chi connectivity index (χ1v) is 12.4. The van der Waals surface area contributed by atoms with E-state index in [2.05, 4.69) is 9.55 Å². The molecule has 0 bridgehead atoms. The quantitative estimate of drug-likeness (QED) is 0.598. The van der Waals surface area contributed by atoms with E-state index in [0.29, 0.717) is 32.1 Å². The Morgan fingerprint density at radius 2 is 1.49 bits per heavy atom. The zero-order valence-electron chi connectivity index (χ0n) is 22.5. The molecule has 0 N–H and O–H groups in total. The molecule has 0 unspecified atom stereocenters. The first-order valence-electron chi connectivity index (χ1n) is 12.4. The summed E-state index contributed by atoms with van der Waals surface area (Å²) in [6.45, 7) is 17.7. The minimum absolute atomic E-state index is 0.332. The molecule has 2 saturated heterocycles. The molecule has 0 spiro atoms. The van der Waals surface area contributed by atoms with Crippen molar-refractivity contribution >= 4 is 18.6 Å². The Morgan fingerprint density at radius 3 is 1.89 bits per heavy atom. The van der Waals surface area contributed by atoms with Crippen LogP contribution in [0.15, 0.2) is 12.4 Å². The zero-order valence-corrected chi connectivity index (χ0v) is 22.5. The Bertz CT molecular complexity index is 798. The molecule has 1 atom stereocenters. The lowest BCUT2D eigenvalue weighted by Gasteiger charge is -2.36. The van der Waals surface area contributed by atoms with E-state index in [-0.39, 0.29) is 12.2 Å². The maximum atomic E-state index is 11.9. The van der Waals surface area contributed by atoms with Gasteiger partial charge in [0.15, 0.2) is 0 Å². The molecule has 35 heavy (non-hydrogen) atoms. The SMILES string of the molecule is CC(C)(C)OC(=O)N1CCN(C(=O)OC(C)(C)C)CC1.Cc1nccn1C[C@@H]1CCCN(C=O)C1. The third-order valence-corrected chi connectivity index (χ3v) is 5.66. The summed E-state index contributed by atoms with van der Waals surface area (Å²) in [5, 5.41) is 0. The van der Waals surface area contributed by atoms with Gasteiger partial charge in [-0.05, 0) is 67.2 Å². The fourth-order valence-electron chi connectivity index (χ4n) is 3.94. The number of piperidine rings is 1. The van der Waals surface area contributed by atoms with Crippen LogP contribution in [0.25, 0.3) is 0 Å². The highest BCUT2D eigenvalue weighted by Crippen LogP contribution is 2.18. The number of carbonyl (C=O) groups is 3. The minimum Gasteiger partial charge on any atom is -0.444 e.